The topological polar surface area (TPSA) is 45.8 Å². The molecular formula is C13H8F6N2OS. The fourth-order valence-corrected chi connectivity index (χ4v) is 2.46. The van der Waals surface area contributed by atoms with Crippen LogP contribution >= 0.6 is 11.8 Å². The second-order valence-electron chi connectivity index (χ2n) is 4.42. The first kappa shape index (κ1) is 17.4. The van der Waals surface area contributed by atoms with Crippen LogP contribution in [0.2, 0.25) is 0 Å². The first-order valence-corrected chi connectivity index (χ1v) is 7.02. The van der Waals surface area contributed by atoms with Crippen molar-refractivity contribution in [2.24, 2.45) is 0 Å². The molecule has 0 saturated carbocycles. The van der Waals surface area contributed by atoms with E-state index >= 15 is 0 Å². The Morgan fingerprint density at radius 3 is 2.35 bits per heavy atom. The van der Waals surface area contributed by atoms with Crippen molar-refractivity contribution in [3.8, 4) is 0 Å². The molecule has 23 heavy (non-hydrogen) atoms. The van der Waals surface area contributed by atoms with Crippen LogP contribution in [0.4, 0.5) is 26.3 Å². The number of benzene rings is 1. The first-order chi connectivity index (χ1) is 10.6. The molecule has 0 spiro atoms. The van der Waals surface area contributed by atoms with Gasteiger partial charge < -0.3 is 4.98 Å². The zero-order valence-electron chi connectivity index (χ0n) is 11.1. The Kier molecular flexibility index (Phi) is 4.73. The number of nitrogens with one attached hydrogen (secondary N) is 1. The number of thioether (sulfide) groups is 1. The predicted octanol–water partition coefficient (Wildman–Crippen LogP) is 4.10. The lowest BCUT2D eigenvalue weighted by Crippen LogP contribution is -2.16. The lowest BCUT2D eigenvalue weighted by Gasteiger charge is -2.09. The largest absolute Gasteiger partial charge is 0.433 e. The number of nitrogens with zero attached hydrogens (tertiary/aromatic N) is 1. The van der Waals surface area contributed by atoms with E-state index in [9.17, 15) is 31.1 Å². The molecular weight excluding hydrogens is 346 g/mol. The van der Waals surface area contributed by atoms with Gasteiger partial charge in [-0.15, -0.1) is 0 Å². The van der Waals surface area contributed by atoms with Gasteiger partial charge >= 0.3 is 12.4 Å². The summed E-state index contributed by atoms with van der Waals surface area (Å²) >= 11 is 0.703. The smallest absolute Gasteiger partial charge is 0.301 e. The number of aromatic nitrogens is 2. The number of rotatable bonds is 3. The zero-order chi connectivity index (χ0) is 17.3. The van der Waals surface area contributed by atoms with Crippen molar-refractivity contribution in [2.45, 2.75) is 23.3 Å². The fourth-order valence-electron chi connectivity index (χ4n) is 1.64. The molecule has 1 aromatic heterocycles. The highest BCUT2D eigenvalue weighted by Gasteiger charge is 2.33. The summed E-state index contributed by atoms with van der Waals surface area (Å²) in [5.41, 5.74) is -2.96. The van der Waals surface area contributed by atoms with Gasteiger partial charge in [-0.1, -0.05) is 30.0 Å². The van der Waals surface area contributed by atoms with Crippen molar-refractivity contribution in [1.82, 2.24) is 9.97 Å². The minimum Gasteiger partial charge on any atom is -0.301 e. The van der Waals surface area contributed by atoms with Gasteiger partial charge in [0.25, 0.3) is 5.56 Å². The highest BCUT2D eigenvalue weighted by molar-refractivity contribution is 7.98. The SMILES string of the molecule is O=c1cc(C(F)(F)F)nc(SCc2cccc(C(F)(F)F)c2)[nH]1. The molecule has 0 saturated heterocycles. The molecule has 0 aliphatic heterocycles. The van der Waals surface area contributed by atoms with Gasteiger partial charge in [-0.25, -0.2) is 4.98 Å². The summed E-state index contributed by atoms with van der Waals surface area (Å²) in [5, 5.41) is -0.317. The molecule has 2 aromatic rings. The number of alkyl halides is 6. The number of hydrogen-bond donors (Lipinski definition) is 1. The standard InChI is InChI=1S/C13H8F6N2OS/c14-12(15,16)8-3-1-2-7(4-8)6-23-11-20-9(13(17,18)19)5-10(22)21-11/h1-5H,6H2,(H,20,21,22). The second kappa shape index (κ2) is 6.26. The summed E-state index contributed by atoms with van der Waals surface area (Å²) in [6.07, 6.45) is -9.29. The normalized spacial score (nSPS) is 12.4. The summed E-state index contributed by atoms with van der Waals surface area (Å²) < 4.78 is 75.4. The van der Waals surface area contributed by atoms with Gasteiger partial charge in [-0.2, -0.15) is 26.3 Å². The summed E-state index contributed by atoms with van der Waals surface area (Å²) in [6, 6.07) is 4.68. The van der Waals surface area contributed by atoms with Crippen LogP contribution in [0.3, 0.4) is 0 Å². The minimum absolute atomic E-state index is 0.0752. The number of aromatic amines is 1. The van der Waals surface area contributed by atoms with Gasteiger partial charge in [0.1, 0.15) is 0 Å². The van der Waals surface area contributed by atoms with Crippen LogP contribution in [0, 0.1) is 0 Å². The summed E-state index contributed by atoms with van der Waals surface area (Å²) in [5.74, 6) is -0.0752. The molecule has 124 valence electrons. The van der Waals surface area contributed by atoms with Crippen molar-refractivity contribution in [1.29, 1.82) is 0 Å². The van der Waals surface area contributed by atoms with E-state index in [-0.39, 0.29) is 16.5 Å². The van der Waals surface area contributed by atoms with E-state index in [0.29, 0.717) is 17.8 Å². The third-order valence-corrected chi connectivity index (χ3v) is 3.58. The third-order valence-electron chi connectivity index (χ3n) is 2.64. The fraction of sp³-hybridized carbons (Fsp3) is 0.231. The monoisotopic (exact) mass is 354 g/mol. The van der Waals surface area contributed by atoms with E-state index in [1.54, 1.807) is 0 Å². The molecule has 1 heterocycles. The van der Waals surface area contributed by atoms with E-state index in [2.05, 4.69) is 9.97 Å². The second-order valence-corrected chi connectivity index (χ2v) is 5.38. The van der Waals surface area contributed by atoms with E-state index < -0.39 is 29.2 Å². The molecule has 0 amide bonds. The quantitative estimate of drug-likeness (QED) is 0.513. The predicted molar refractivity (Wildman–Crippen MR) is 70.9 cm³/mol. The Labute approximate surface area is 129 Å². The third kappa shape index (κ3) is 4.75. The van der Waals surface area contributed by atoms with Crippen molar-refractivity contribution in [3.05, 3.63) is 57.5 Å². The van der Waals surface area contributed by atoms with Crippen molar-refractivity contribution < 1.29 is 26.3 Å². The molecule has 3 nitrogen and oxygen atoms in total. The van der Waals surface area contributed by atoms with Gasteiger partial charge in [-0.3, -0.25) is 4.79 Å². The Morgan fingerprint density at radius 2 is 1.74 bits per heavy atom. The first-order valence-electron chi connectivity index (χ1n) is 6.03. The maximum absolute atomic E-state index is 12.6. The molecule has 0 bridgehead atoms. The Hall–Kier alpha value is -1.97. The Balaban J connectivity index is 2.19. The summed E-state index contributed by atoms with van der Waals surface area (Å²) in [6.45, 7) is 0. The van der Waals surface area contributed by atoms with Crippen molar-refractivity contribution in [3.63, 3.8) is 0 Å². The maximum atomic E-state index is 12.6. The molecule has 0 aliphatic rings. The Bertz CT molecular complexity index is 753. The molecule has 0 radical (unpaired) electrons. The van der Waals surface area contributed by atoms with Crippen LogP contribution in [0.1, 0.15) is 16.8 Å². The van der Waals surface area contributed by atoms with Crippen LogP contribution in [0.25, 0.3) is 0 Å². The van der Waals surface area contributed by atoms with Crippen molar-refractivity contribution in [2.75, 3.05) is 0 Å². The average molecular weight is 354 g/mol. The minimum atomic E-state index is -4.78. The van der Waals surface area contributed by atoms with E-state index in [1.165, 1.54) is 12.1 Å². The lowest BCUT2D eigenvalue weighted by atomic mass is 10.1. The maximum Gasteiger partial charge on any atom is 0.433 e. The number of hydrogen-bond acceptors (Lipinski definition) is 3. The summed E-state index contributed by atoms with van der Waals surface area (Å²) in [4.78, 5) is 16.6. The molecule has 2 rings (SSSR count). The summed E-state index contributed by atoms with van der Waals surface area (Å²) in [7, 11) is 0. The van der Waals surface area contributed by atoms with Crippen LogP contribution in [0.5, 0.6) is 0 Å². The number of halogens is 6. The van der Waals surface area contributed by atoms with E-state index in [4.69, 9.17) is 0 Å². The average Bonchev–Trinajstić information content (AvgIpc) is 2.43. The molecule has 10 heteroatoms. The zero-order valence-corrected chi connectivity index (χ0v) is 11.9. The van der Waals surface area contributed by atoms with Gasteiger partial charge in [0.05, 0.1) is 5.56 Å². The molecule has 0 aliphatic carbocycles. The highest BCUT2D eigenvalue weighted by Crippen LogP contribution is 2.31. The van der Waals surface area contributed by atoms with Crippen LogP contribution in [0.15, 0.2) is 40.3 Å². The molecule has 0 atom stereocenters. The molecule has 1 aromatic carbocycles. The molecule has 0 fully saturated rings. The van der Waals surface area contributed by atoms with Crippen LogP contribution < -0.4 is 5.56 Å². The van der Waals surface area contributed by atoms with E-state index in [0.717, 1.165) is 12.1 Å². The lowest BCUT2D eigenvalue weighted by molar-refractivity contribution is -0.141. The van der Waals surface area contributed by atoms with Crippen LogP contribution in [-0.4, -0.2) is 9.97 Å². The van der Waals surface area contributed by atoms with E-state index in [1.807, 2.05) is 0 Å². The molecule has 1 N–H and O–H groups in total. The van der Waals surface area contributed by atoms with Gasteiger partial charge in [0.2, 0.25) is 0 Å². The van der Waals surface area contributed by atoms with Gasteiger partial charge in [-0.05, 0) is 11.6 Å². The highest BCUT2D eigenvalue weighted by atomic mass is 32.2. The van der Waals surface area contributed by atoms with Crippen molar-refractivity contribution >= 4 is 11.8 Å². The molecule has 0 unspecified atom stereocenters. The van der Waals surface area contributed by atoms with Gasteiger partial charge in [0, 0.05) is 11.8 Å². The van der Waals surface area contributed by atoms with Crippen LogP contribution in [-0.2, 0) is 18.1 Å². The Morgan fingerprint density at radius 1 is 1.04 bits per heavy atom. The number of H-pyrrole nitrogens is 1. The van der Waals surface area contributed by atoms with Gasteiger partial charge in [0.15, 0.2) is 10.9 Å².